The van der Waals surface area contributed by atoms with Crippen LogP contribution in [0.3, 0.4) is 0 Å². The maximum atomic E-state index is 8.07. The van der Waals surface area contributed by atoms with Gasteiger partial charge in [-0.2, -0.15) is 0 Å². The third-order valence-electron chi connectivity index (χ3n) is 19.6. The molecule has 0 amide bonds. The zero-order chi connectivity index (χ0) is 70.2. The summed E-state index contributed by atoms with van der Waals surface area (Å²) in [5.41, 5.74) is -7.45. The molecule has 355 valence electrons. The fourth-order valence-electron chi connectivity index (χ4n) is 15.0. The number of benzene rings is 7. The Morgan fingerprint density at radius 1 is 0.432 bits per heavy atom. The van der Waals surface area contributed by atoms with Crippen LogP contribution in [0.4, 0.5) is 5.69 Å². The molecule has 0 saturated carbocycles. The Bertz CT molecular complexity index is 5310. The van der Waals surface area contributed by atoms with Gasteiger partial charge >= 0.3 is 499 Å². The molecule has 7 aromatic rings. The van der Waals surface area contributed by atoms with Crippen molar-refractivity contribution in [2.24, 2.45) is 0 Å². The van der Waals surface area contributed by atoms with Crippen LogP contribution in [0.2, 0.25) is 5.82 Å². The number of hydrogen-bond acceptors (Lipinski definition) is 1. The Balaban J connectivity index is 1.37. The second kappa shape index (κ2) is 23.4. The van der Waals surface area contributed by atoms with Crippen LogP contribution in [0, 0.1) is 12.3 Å². The molecule has 95 heavy (non-hydrogen) atoms. The predicted molar refractivity (Wildman–Crippen MR) is 436 cm³/mol. The summed E-state index contributed by atoms with van der Waals surface area (Å²) in [6.45, 7) is 1.50. The van der Waals surface area contributed by atoms with E-state index in [1.807, 2.05) is 0 Å². The van der Waals surface area contributed by atoms with Gasteiger partial charge < -0.3 is 0 Å². The molecule has 0 fully saturated rings. The number of terminal acetylenes is 1. The van der Waals surface area contributed by atoms with E-state index in [2.05, 4.69) is 5.92 Å². The maximum absolute atomic E-state index is 8.07. The normalized spacial score (nSPS) is 19.2. The Kier molecular flexibility index (Phi) is 17.1. The minimum atomic E-state index is -1.98. The molecule has 1 aliphatic heterocycles. The van der Waals surface area contributed by atoms with Crippen molar-refractivity contribution in [2.75, 3.05) is 4.90 Å². The summed E-state index contributed by atoms with van der Waals surface area (Å²) in [6.07, 6.45) is 5.43. The summed E-state index contributed by atoms with van der Waals surface area (Å²) in [5.74, 6) is 0.965. The number of hydrogen-bond donors (Lipinski definition) is 0. The summed E-state index contributed by atoms with van der Waals surface area (Å²) in [5, 5.41) is -0.0631. The molecular formula is C60H8B34N. The topological polar surface area (TPSA) is 3.24 Å². The van der Waals surface area contributed by atoms with Crippen molar-refractivity contribution in [3.63, 3.8) is 0 Å². The molecule has 1 nitrogen and oxygen atoms in total. The number of allylic oxidation sites excluding steroid dienone is 13. The van der Waals surface area contributed by atoms with E-state index in [1.54, 1.807) is 4.90 Å². The molecule has 0 aromatic heterocycles. The van der Waals surface area contributed by atoms with Crippen molar-refractivity contribution in [2.45, 2.75) is 30.6 Å². The van der Waals surface area contributed by atoms with E-state index in [9.17, 15) is 0 Å². The van der Waals surface area contributed by atoms with Gasteiger partial charge in [0.1, 0.15) is 62.8 Å². The van der Waals surface area contributed by atoms with Gasteiger partial charge in [-0.25, -0.2) is 0 Å². The first-order valence-electron chi connectivity index (χ1n) is 28.5. The van der Waals surface area contributed by atoms with Gasteiger partial charge in [0.25, 0.3) is 0 Å². The van der Waals surface area contributed by atoms with Crippen molar-refractivity contribution in [1.29, 1.82) is 0 Å². The molecule has 3 unspecified atom stereocenters. The number of nitrogens with zero attached hydrogens (tertiary/aromatic N) is 1. The van der Waals surface area contributed by atoms with Gasteiger partial charge in [0.15, 0.2) is 0 Å². The van der Waals surface area contributed by atoms with Crippen molar-refractivity contribution in [3.8, 4) is 12.3 Å². The summed E-state index contributed by atoms with van der Waals surface area (Å²) in [6, 6.07) is -1.55. The van der Waals surface area contributed by atoms with E-state index in [-0.39, 0.29) is 292 Å². The summed E-state index contributed by atoms with van der Waals surface area (Å²) < 4.78 is 0. The third kappa shape index (κ3) is 8.77. The summed E-state index contributed by atoms with van der Waals surface area (Å²) in [7, 11) is 240. The second-order valence-electron chi connectivity index (χ2n) is 24.1. The fraction of sp³-hybridized carbons (Fsp3) is 0.0833. The standard InChI is InChI=1S/C60H8B34N/c1-3-7(62)28(65)27(64)6-4-60(23-8(6)31(68)43(80)49(86)40(23)77)24-9(19(59(93)94)25(60)26(63)5(2)61)10(33(70)42(79)41(24)78)21-30(67)17(18-22-39(76)48(85)50(87)53(90)57(22)95(56(18)21)58-54(91)51(88)52(89)55(58)92)20-29(66)11-12(32(69)38(20)75)14-16(37(74)47(84)45(82)35(14)72)15-13(11)34(71)44(81)46(83)36(15)73/h1,54,56H,4H2,2H3/b26-5-,27-6-,28-7-. The molecule has 0 N–H and O–H groups in total. The number of anilines is 1. The Labute approximate surface area is 600 Å². The van der Waals surface area contributed by atoms with E-state index in [4.69, 9.17) is 273 Å². The molecular weight excluding hydrogens is 1100 g/mol. The van der Waals surface area contributed by atoms with E-state index in [0.29, 0.717) is 0 Å². The first-order chi connectivity index (χ1) is 44.3. The average Bonchev–Trinajstić information content (AvgIpc) is 1.54. The quantitative estimate of drug-likeness (QED) is 0.0911. The minimum absolute atomic E-state index is 0.00263. The van der Waals surface area contributed by atoms with Gasteiger partial charge in [-0.3, -0.25) is 0 Å². The van der Waals surface area contributed by atoms with E-state index in [0.717, 1.165) is 0 Å². The molecule has 0 bridgehead atoms. The van der Waals surface area contributed by atoms with Crippen LogP contribution in [-0.2, 0) is 5.41 Å². The van der Waals surface area contributed by atoms with Gasteiger partial charge in [0.2, 0.25) is 0 Å². The molecule has 1 heterocycles. The number of rotatable bonds is 6. The first-order valence-corrected chi connectivity index (χ1v) is 28.5. The van der Waals surface area contributed by atoms with E-state index < -0.39 is 22.6 Å². The Morgan fingerprint density at radius 3 is 1.26 bits per heavy atom. The monoisotopic (exact) mass is 1120 g/mol. The van der Waals surface area contributed by atoms with Crippen LogP contribution in [0.5, 0.6) is 0 Å². The van der Waals surface area contributed by atoms with Crippen LogP contribution in [0.1, 0.15) is 52.3 Å². The molecule has 5 aliphatic rings. The fourth-order valence-corrected chi connectivity index (χ4v) is 15.0. The van der Waals surface area contributed by atoms with Crippen molar-refractivity contribution in [1.82, 2.24) is 0 Å². The molecule has 0 saturated heterocycles. The molecule has 12 rings (SSSR count). The average molecular weight is 1110 g/mol. The summed E-state index contributed by atoms with van der Waals surface area (Å²) in [4.78, 5) is 1.56. The zero-order valence-corrected chi connectivity index (χ0v) is 51.0. The van der Waals surface area contributed by atoms with Crippen LogP contribution >= 0.6 is 0 Å². The van der Waals surface area contributed by atoms with Crippen LogP contribution in [-0.4, -0.2) is 278 Å². The molecule has 4 aliphatic carbocycles. The van der Waals surface area contributed by atoms with Crippen molar-refractivity contribution in [3.05, 3.63) is 99.5 Å². The van der Waals surface area contributed by atoms with Crippen LogP contribution in [0.15, 0.2) is 60.5 Å². The zero-order valence-electron chi connectivity index (χ0n) is 51.0. The van der Waals surface area contributed by atoms with Crippen molar-refractivity contribution >= 4 is 458 Å². The van der Waals surface area contributed by atoms with Gasteiger partial charge in [0, 0.05) is 0 Å². The molecule has 7 aromatic carbocycles. The molecule has 1 spiro atoms. The Hall–Kier alpha value is -5.32. The first kappa shape index (κ1) is 69.6. The predicted octanol–water partition coefficient (Wildman–Crippen LogP) is -18.2. The molecule has 3 atom stereocenters. The van der Waals surface area contributed by atoms with E-state index in [1.165, 1.54) is 6.92 Å². The van der Waals surface area contributed by atoms with Crippen molar-refractivity contribution < 1.29 is 0 Å². The van der Waals surface area contributed by atoms with Gasteiger partial charge in [0.05, 0.1) is 0 Å². The van der Waals surface area contributed by atoms with E-state index >= 15 is 0 Å². The second-order valence-corrected chi connectivity index (χ2v) is 24.1. The molecule has 35 heteroatoms. The van der Waals surface area contributed by atoms with Gasteiger partial charge in [-0.05, 0) is 5.39 Å². The molecule has 67 radical (unpaired) electrons. The Morgan fingerprint density at radius 2 is 0.821 bits per heavy atom. The van der Waals surface area contributed by atoms with Gasteiger partial charge in [-0.15, -0.1) is 21.9 Å². The van der Waals surface area contributed by atoms with Gasteiger partial charge in [-0.1, -0.05) is 16.4 Å². The third-order valence-corrected chi connectivity index (χ3v) is 19.6. The SMILES string of the molecule is [B]C(=[B])C1=C(/C([B])=C(/[B])C)C2(C/C(=C([B])\C([B])=C(\[B])C#C)c3c([B])c([B])c([B])c([B])c32)c2c([B])c([B])c([B])c(C3=C([B])C(c4c([B])c([B])c5c6c([B])c([B])c([B])c([B])c6c6c([B])c([B])c([B])c([B])c6c5c4[B])=C4c5c([B])c([B])c([B])c([B])c5N(C5=C([B])C([B])=C([B])C5[B])C34)c21. The van der Waals surface area contributed by atoms with Crippen LogP contribution in [0.25, 0.3) is 60.2 Å². The number of fused-ring (bicyclic) bond motifs is 13. The van der Waals surface area contributed by atoms with Crippen LogP contribution < -0.4 is 125 Å². The summed E-state index contributed by atoms with van der Waals surface area (Å²) >= 11 is 0.